The molecule has 1 aromatic heterocycles. The topological polar surface area (TPSA) is 62.7 Å². The van der Waals surface area contributed by atoms with Gasteiger partial charge in [-0.05, 0) is 41.3 Å². The Morgan fingerprint density at radius 3 is 2.28 bits per heavy atom. The molecule has 2 fully saturated rings. The highest BCUT2D eigenvalue weighted by Crippen LogP contribution is 2.48. The van der Waals surface area contributed by atoms with Crippen molar-refractivity contribution in [2.45, 2.75) is 12.1 Å². The van der Waals surface area contributed by atoms with Gasteiger partial charge in [0, 0.05) is 17.8 Å². The lowest BCUT2D eigenvalue weighted by Crippen LogP contribution is -2.37. The number of imide groups is 1. The molecule has 6 heteroatoms. The molecule has 0 aliphatic carbocycles. The number of aromatic nitrogens is 1. The first kappa shape index (κ1) is 18.7. The van der Waals surface area contributed by atoms with E-state index in [4.69, 9.17) is 4.84 Å². The Balaban J connectivity index is 1.47. The number of hydroxylamine groups is 1. The zero-order valence-electron chi connectivity index (χ0n) is 17.0. The summed E-state index contributed by atoms with van der Waals surface area (Å²) in [5.41, 5.74) is 2.26. The summed E-state index contributed by atoms with van der Waals surface area (Å²) >= 11 is 0. The lowest BCUT2D eigenvalue weighted by Gasteiger charge is -2.28. The lowest BCUT2D eigenvalue weighted by molar-refractivity contribution is -0.126. The smallest absolute Gasteiger partial charge is 0.266 e. The number of rotatable bonds is 3. The van der Waals surface area contributed by atoms with Gasteiger partial charge in [0.25, 0.3) is 5.91 Å². The second kappa shape index (κ2) is 7.28. The van der Waals surface area contributed by atoms with Gasteiger partial charge in [-0.1, -0.05) is 54.6 Å². The monoisotopic (exact) mass is 421 g/mol. The highest BCUT2D eigenvalue weighted by atomic mass is 16.7. The molecule has 6 rings (SSSR count). The van der Waals surface area contributed by atoms with Gasteiger partial charge >= 0.3 is 0 Å². The molecular formula is C26H19N3O3. The number of pyridine rings is 1. The summed E-state index contributed by atoms with van der Waals surface area (Å²) < 4.78 is 0. The van der Waals surface area contributed by atoms with E-state index in [0.717, 1.165) is 22.0 Å². The molecule has 3 heterocycles. The minimum Gasteiger partial charge on any atom is -0.273 e. The van der Waals surface area contributed by atoms with E-state index in [1.54, 1.807) is 17.5 Å². The highest BCUT2D eigenvalue weighted by molar-refractivity contribution is 6.26. The average Bonchev–Trinajstić information content (AvgIpc) is 3.36. The van der Waals surface area contributed by atoms with E-state index in [1.807, 2.05) is 84.9 Å². The fourth-order valence-electron chi connectivity index (χ4n) is 4.75. The number of fused-ring (bicyclic) bond motifs is 2. The van der Waals surface area contributed by atoms with Crippen LogP contribution in [0.25, 0.3) is 10.8 Å². The summed E-state index contributed by atoms with van der Waals surface area (Å²) in [5.74, 6) is -1.26. The zero-order chi connectivity index (χ0) is 21.7. The minimum atomic E-state index is -0.889. The maximum absolute atomic E-state index is 13.8. The lowest BCUT2D eigenvalue weighted by atomic mass is 9.91. The first-order valence-corrected chi connectivity index (χ1v) is 10.5. The van der Waals surface area contributed by atoms with Crippen LogP contribution in [0.5, 0.6) is 0 Å². The van der Waals surface area contributed by atoms with Gasteiger partial charge in [0.2, 0.25) is 5.91 Å². The van der Waals surface area contributed by atoms with Crippen LogP contribution in [0.2, 0.25) is 0 Å². The Labute approximate surface area is 184 Å². The average molecular weight is 421 g/mol. The second-order valence-electron chi connectivity index (χ2n) is 7.95. The third-order valence-corrected chi connectivity index (χ3v) is 6.18. The Kier molecular flexibility index (Phi) is 4.26. The number of benzene rings is 3. The van der Waals surface area contributed by atoms with Crippen molar-refractivity contribution >= 4 is 34.0 Å². The van der Waals surface area contributed by atoms with Crippen LogP contribution >= 0.6 is 0 Å². The molecule has 156 valence electrons. The third-order valence-electron chi connectivity index (χ3n) is 6.18. The first-order chi connectivity index (χ1) is 15.7. The number of hydrogen-bond acceptors (Lipinski definition) is 5. The van der Waals surface area contributed by atoms with Crippen LogP contribution < -0.4 is 9.96 Å². The van der Waals surface area contributed by atoms with Crippen molar-refractivity contribution in [2.75, 3.05) is 9.96 Å². The third kappa shape index (κ3) is 2.73. The second-order valence-corrected chi connectivity index (χ2v) is 7.95. The molecular weight excluding hydrogens is 402 g/mol. The Hall–Kier alpha value is -4.03. The van der Waals surface area contributed by atoms with E-state index in [-0.39, 0.29) is 11.8 Å². The number of hydrogen-bond donors (Lipinski definition) is 0. The van der Waals surface area contributed by atoms with Crippen LogP contribution in [-0.4, -0.2) is 22.9 Å². The van der Waals surface area contributed by atoms with E-state index < -0.39 is 18.1 Å². The van der Waals surface area contributed by atoms with E-state index in [1.165, 1.54) is 4.90 Å². The predicted molar refractivity (Wildman–Crippen MR) is 121 cm³/mol. The molecule has 0 unspecified atom stereocenters. The number of para-hydroxylation sites is 1. The van der Waals surface area contributed by atoms with Crippen molar-refractivity contribution in [1.82, 2.24) is 4.98 Å². The number of amides is 2. The molecule has 2 aliphatic heterocycles. The maximum atomic E-state index is 13.8. The summed E-state index contributed by atoms with van der Waals surface area (Å²) in [5, 5.41) is 3.53. The predicted octanol–water partition coefficient (Wildman–Crippen LogP) is 4.29. The van der Waals surface area contributed by atoms with E-state index >= 15 is 0 Å². The molecule has 0 bridgehead atoms. The molecule has 2 amide bonds. The van der Waals surface area contributed by atoms with Crippen LogP contribution in [0, 0.1) is 5.92 Å². The SMILES string of the molecule is O=C1[C@@H]2[C@H](ON(c3ccccc3)[C@@H]2c2ccncc2)C(=O)N1c1cccc2ccccc12. The molecule has 0 spiro atoms. The fraction of sp³-hybridized carbons (Fsp3) is 0.115. The molecule has 32 heavy (non-hydrogen) atoms. The Morgan fingerprint density at radius 2 is 1.47 bits per heavy atom. The molecule has 6 nitrogen and oxygen atoms in total. The summed E-state index contributed by atoms with van der Waals surface area (Å²) in [6.45, 7) is 0. The molecule has 0 N–H and O–H groups in total. The van der Waals surface area contributed by atoms with E-state index in [2.05, 4.69) is 4.98 Å². The molecule has 2 saturated heterocycles. The Morgan fingerprint density at radius 1 is 0.750 bits per heavy atom. The van der Waals surface area contributed by atoms with Gasteiger partial charge in [0.1, 0.15) is 5.92 Å². The van der Waals surface area contributed by atoms with Gasteiger partial charge in [0.15, 0.2) is 6.10 Å². The number of anilines is 2. The van der Waals surface area contributed by atoms with Crippen molar-refractivity contribution in [2.24, 2.45) is 5.92 Å². The van der Waals surface area contributed by atoms with Crippen LogP contribution in [-0.2, 0) is 14.4 Å². The van der Waals surface area contributed by atoms with Crippen molar-refractivity contribution in [3.05, 3.63) is 103 Å². The van der Waals surface area contributed by atoms with Gasteiger partial charge in [-0.3, -0.25) is 19.4 Å². The van der Waals surface area contributed by atoms with Crippen molar-refractivity contribution in [3.8, 4) is 0 Å². The quantitative estimate of drug-likeness (QED) is 0.462. The van der Waals surface area contributed by atoms with Gasteiger partial charge < -0.3 is 0 Å². The highest BCUT2D eigenvalue weighted by Gasteiger charge is 2.60. The van der Waals surface area contributed by atoms with Crippen LogP contribution in [0.3, 0.4) is 0 Å². The summed E-state index contributed by atoms with van der Waals surface area (Å²) in [6.07, 6.45) is 2.49. The van der Waals surface area contributed by atoms with Crippen molar-refractivity contribution in [1.29, 1.82) is 0 Å². The van der Waals surface area contributed by atoms with Gasteiger partial charge in [-0.2, -0.15) is 0 Å². The van der Waals surface area contributed by atoms with Gasteiger partial charge in [0.05, 0.1) is 17.4 Å². The maximum Gasteiger partial charge on any atom is 0.266 e. The molecule has 0 saturated carbocycles. The van der Waals surface area contributed by atoms with Crippen molar-refractivity contribution in [3.63, 3.8) is 0 Å². The van der Waals surface area contributed by atoms with Crippen molar-refractivity contribution < 1.29 is 14.4 Å². The Bertz CT molecular complexity index is 1320. The minimum absolute atomic E-state index is 0.253. The van der Waals surface area contributed by atoms with Gasteiger partial charge in [-0.15, -0.1) is 0 Å². The molecule has 3 aromatic carbocycles. The van der Waals surface area contributed by atoms with E-state index in [0.29, 0.717) is 5.69 Å². The normalized spacial score (nSPS) is 22.6. The fourth-order valence-corrected chi connectivity index (χ4v) is 4.75. The number of nitrogens with zero attached hydrogens (tertiary/aromatic N) is 3. The summed E-state index contributed by atoms with van der Waals surface area (Å²) in [4.78, 5) is 38.9. The zero-order valence-corrected chi connectivity index (χ0v) is 17.0. The first-order valence-electron chi connectivity index (χ1n) is 10.5. The molecule has 2 aliphatic rings. The van der Waals surface area contributed by atoms with Crippen LogP contribution in [0.15, 0.2) is 97.3 Å². The molecule has 4 aromatic rings. The summed E-state index contributed by atoms with van der Waals surface area (Å²) in [6, 6.07) is 26.2. The molecule has 3 atom stereocenters. The van der Waals surface area contributed by atoms with Gasteiger partial charge in [-0.25, -0.2) is 9.96 Å². The standard InChI is InChI=1S/C26H19N3O3/c30-25-22-23(18-13-15-27-16-14-18)29(19-9-2-1-3-10-19)32-24(22)26(31)28(25)21-12-6-8-17-7-4-5-11-20(17)21/h1-16,22-24H/t22-,23+,24-/m0/s1. The number of carbonyl (C=O) groups is 2. The number of carbonyl (C=O) groups excluding carboxylic acids is 2. The van der Waals surface area contributed by atoms with Crippen LogP contribution in [0.4, 0.5) is 11.4 Å². The molecule has 0 radical (unpaired) electrons. The largest absolute Gasteiger partial charge is 0.273 e. The van der Waals surface area contributed by atoms with Crippen LogP contribution in [0.1, 0.15) is 11.6 Å². The van der Waals surface area contributed by atoms with E-state index in [9.17, 15) is 9.59 Å². The summed E-state index contributed by atoms with van der Waals surface area (Å²) in [7, 11) is 0.